The molecule has 1 aliphatic heterocycles. The van der Waals surface area contributed by atoms with Crippen LogP contribution in [0.3, 0.4) is 0 Å². The van der Waals surface area contributed by atoms with Crippen molar-refractivity contribution in [3.8, 4) is 5.75 Å². The molecule has 168 valence electrons. The summed E-state index contributed by atoms with van der Waals surface area (Å²) in [5, 5.41) is 20.4. The smallest absolute Gasteiger partial charge is 0.282 e. The number of amides is 2. The fourth-order valence-electron chi connectivity index (χ4n) is 3.63. The zero-order valence-electron chi connectivity index (χ0n) is 17.8. The van der Waals surface area contributed by atoms with E-state index in [0.29, 0.717) is 23.6 Å². The summed E-state index contributed by atoms with van der Waals surface area (Å²) < 4.78 is 5.76. The fourth-order valence-corrected chi connectivity index (χ4v) is 3.63. The van der Waals surface area contributed by atoms with Crippen molar-refractivity contribution >= 4 is 23.2 Å². The van der Waals surface area contributed by atoms with Crippen LogP contribution >= 0.6 is 0 Å². The molecule has 1 atom stereocenters. The molecule has 1 saturated heterocycles. The highest BCUT2D eigenvalue weighted by atomic mass is 16.6. The number of aryl methyl sites for hydroxylation is 1. The third kappa shape index (κ3) is 5.23. The van der Waals surface area contributed by atoms with E-state index in [0.717, 1.165) is 37.8 Å². The molecule has 1 saturated carbocycles. The summed E-state index contributed by atoms with van der Waals surface area (Å²) in [6.45, 7) is 3.16. The minimum Gasteiger partial charge on any atom is -0.492 e. The average Bonchev–Trinajstić information content (AvgIpc) is 3.43. The summed E-state index contributed by atoms with van der Waals surface area (Å²) in [5.41, 5.74) is 1.18. The van der Waals surface area contributed by atoms with Gasteiger partial charge in [-0.05, 0) is 69.0 Å². The molecule has 2 aromatic rings. The van der Waals surface area contributed by atoms with E-state index in [-0.39, 0.29) is 29.2 Å². The van der Waals surface area contributed by atoms with Gasteiger partial charge in [0.05, 0.1) is 4.92 Å². The second-order valence-electron chi connectivity index (χ2n) is 8.27. The number of nitrogens with zero attached hydrogens (tertiary/aromatic N) is 1. The molecule has 0 bridgehead atoms. The number of nitro groups is 1. The summed E-state index contributed by atoms with van der Waals surface area (Å²) >= 11 is 0. The number of anilines is 1. The van der Waals surface area contributed by atoms with Crippen LogP contribution in [0, 0.1) is 17.0 Å². The average molecular weight is 438 g/mol. The summed E-state index contributed by atoms with van der Waals surface area (Å²) in [6.07, 6.45) is 4.03. The van der Waals surface area contributed by atoms with Gasteiger partial charge in [0.25, 0.3) is 17.5 Å². The minimum absolute atomic E-state index is 0.0980. The van der Waals surface area contributed by atoms with Gasteiger partial charge in [-0.2, -0.15) is 0 Å². The highest BCUT2D eigenvalue weighted by Gasteiger charge is 2.25. The number of ether oxygens (including phenoxy) is 1. The topological polar surface area (TPSA) is 123 Å². The summed E-state index contributed by atoms with van der Waals surface area (Å²) in [7, 11) is 0. The lowest BCUT2D eigenvalue weighted by Gasteiger charge is -2.14. The third-order valence-electron chi connectivity index (χ3n) is 5.68. The van der Waals surface area contributed by atoms with Crippen LogP contribution < -0.4 is 20.7 Å². The highest BCUT2D eigenvalue weighted by molar-refractivity contribution is 6.08. The van der Waals surface area contributed by atoms with Crippen LogP contribution in [0.4, 0.5) is 11.4 Å². The van der Waals surface area contributed by atoms with Crippen molar-refractivity contribution in [1.29, 1.82) is 0 Å². The van der Waals surface area contributed by atoms with Gasteiger partial charge in [-0.3, -0.25) is 19.7 Å². The van der Waals surface area contributed by atoms with Gasteiger partial charge in [-0.1, -0.05) is 6.07 Å². The van der Waals surface area contributed by atoms with E-state index in [4.69, 9.17) is 4.74 Å². The summed E-state index contributed by atoms with van der Waals surface area (Å²) in [6, 6.07) is 9.62. The first-order valence-electron chi connectivity index (χ1n) is 10.8. The Morgan fingerprint density at radius 2 is 1.97 bits per heavy atom. The molecule has 2 amide bonds. The van der Waals surface area contributed by atoms with E-state index in [9.17, 15) is 19.7 Å². The van der Waals surface area contributed by atoms with E-state index in [1.807, 2.05) is 0 Å². The number of benzene rings is 2. The van der Waals surface area contributed by atoms with Crippen LogP contribution in [-0.2, 0) is 0 Å². The second-order valence-corrected chi connectivity index (χ2v) is 8.27. The van der Waals surface area contributed by atoms with Crippen LogP contribution in [0.5, 0.6) is 5.75 Å². The maximum absolute atomic E-state index is 13.0. The van der Waals surface area contributed by atoms with E-state index in [1.165, 1.54) is 18.2 Å². The van der Waals surface area contributed by atoms with E-state index >= 15 is 0 Å². The van der Waals surface area contributed by atoms with Gasteiger partial charge in [0.2, 0.25) is 0 Å². The van der Waals surface area contributed by atoms with Crippen LogP contribution in [0.1, 0.15) is 52.0 Å². The van der Waals surface area contributed by atoms with Crippen molar-refractivity contribution in [2.24, 2.45) is 0 Å². The van der Waals surface area contributed by atoms with Crippen molar-refractivity contribution in [2.75, 3.05) is 18.5 Å². The summed E-state index contributed by atoms with van der Waals surface area (Å²) in [5.74, 6) is -0.447. The Balaban J connectivity index is 1.52. The molecule has 32 heavy (non-hydrogen) atoms. The number of hydrogen-bond acceptors (Lipinski definition) is 6. The zero-order chi connectivity index (χ0) is 22.7. The Morgan fingerprint density at radius 3 is 2.66 bits per heavy atom. The lowest BCUT2D eigenvalue weighted by atomic mass is 10.1. The molecule has 0 radical (unpaired) electrons. The van der Waals surface area contributed by atoms with Crippen molar-refractivity contribution in [1.82, 2.24) is 10.6 Å². The van der Waals surface area contributed by atoms with Crippen molar-refractivity contribution in [3.05, 3.63) is 63.2 Å². The maximum atomic E-state index is 13.0. The number of nitrogens with one attached hydrogen (secondary N) is 3. The third-order valence-corrected chi connectivity index (χ3v) is 5.68. The Bertz CT molecular complexity index is 1040. The zero-order valence-corrected chi connectivity index (χ0v) is 17.8. The monoisotopic (exact) mass is 438 g/mol. The SMILES string of the molecule is Cc1ccc(C(=O)NC2CC2)cc1NC(=O)c1cc(OC[C@@H]2CCCN2)ccc1[N+](=O)[O-]. The number of hydrogen-bond donors (Lipinski definition) is 3. The van der Waals surface area contributed by atoms with E-state index < -0.39 is 10.8 Å². The number of nitro benzene ring substituents is 1. The molecule has 1 heterocycles. The molecule has 9 heteroatoms. The lowest BCUT2D eigenvalue weighted by Crippen LogP contribution is -2.28. The van der Waals surface area contributed by atoms with Crippen LogP contribution in [0.25, 0.3) is 0 Å². The first-order valence-corrected chi connectivity index (χ1v) is 10.8. The predicted molar refractivity (Wildman–Crippen MR) is 119 cm³/mol. The Labute approximate surface area is 185 Å². The number of carbonyl (C=O) groups excluding carboxylic acids is 2. The van der Waals surface area contributed by atoms with Crippen LogP contribution in [-0.4, -0.2) is 42.0 Å². The van der Waals surface area contributed by atoms with E-state index in [2.05, 4.69) is 16.0 Å². The van der Waals surface area contributed by atoms with Gasteiger partial charge in [0, 0.05) is 29.4 Å². The number of carbonyl (C=O) groups is 2. The molecule has 2 aromatic carbocycles. The molecular formula is C23H26N4O5. The van der Waals surface area contributed by atoms with Crippen molar-refractivity contribution < 1.29 is 19.2 Å². The Hall–Kier alpha value is -3.46. The van der Waals surface area contributed by atoms with Crippen molar-refractivity contribution in [2.45, 2.75) is 44.7 Å². The van der Waals surface area contributed by atoms with Gasteiger partial charge in [0.1, 0.15) is 17.9 Å². The standard InChI is InChI=1S/C23H26N4O5/c1-14-4-5-15(22(28)25-16-6-7-16)11-20(14)26-23(29)19-12-18(8-9-21(19)27(30)31)32-13-17-3-2-10-24-17/h4-5,8-9,11-12,16-17,24H,2-3,6-7,10,13H2,1H3,(H,25,28)(H,26,29)/t17-/m0/s1. The van der Waals surface area contributed by atoms with Crippen molar-refractivity contribution in [3.63, 3.8) is 0 Å². The molecule has 3 N–H and O–H groups in total. The lowest BCUT2D eigenvalue weighted by molar-refractivity contribution is -0.385. The van der Waals surface area contributed by atoms with Gasteiger partial charge in [-0.25, -0.2) is 0 Å². The quantitative estimate of drug-likeness (QED) is 0.430. The number of rotatable bonds is 8. The molecular weight excluding hydrogens is 412 g/mol. The molecule has 4 rings (SSSR count). The molecule has 1 aliphatic carbocycles. The fraction of sp³-hybridized carbons (Fsp3) is 0.391. The largest absolute Gasteiger partial charge is 0.492 e. The first-order chi connectivity index (χ1) is 15.4. The molecule has 0 aromatic heterocycles. The molecule has 2 aliphatic rings. The Morgan fingerprint density at radius 1 is 1.16 bits per heavy atom. The predicted octanol–water partition coefficient (Wildman–Crippen LogP) is 3.18. The first kappa shape index (κ1) is 21.8. The maximum Gasteiger partial charge on any atom is 0.282 e. The van der Waals surface area contributed by atoms with Gasteiger partial charge < -0.3 is 20.7 Å². The van der Waals surface area contributed by atoms with Crippen LogP contribution in [0.2, 0.25) is 0 Å². The van der Waals surface area contributed by atoms with Gasteiger partial charge in [-0.15, -0.1) is 0 Å². The van der Waals surface area contributed by atoms with Crippen LogP contribution in [0.15, 0.2) is 36.4 Å². The van der Waals surface area contributed by atoms with Gasteiger partial charge >= 0.3 is 0 Å². The normalized spacial score (nSPS) is 17.6. The summed E-state index contributed by atoms with van der Waals surface area (Å²) in [4.78, 5) is 36.2. The molecule has 0 unspecified atom stereocenters. The molecule has 2 fully saturated rings. The van der Waals surface area contributed by atoms with Gasteiger partial charge in [0.15, 0.2) is 0 Å². The second kappa shape index (κ2) is 9.35. The highest BCUT2D eigenvalue weighted by Crippen LogP contribution is 2.27. The molecule has 0 spiro atoms. The van der Waals surface area contributed by atoms with E-state index in [1.54, 1.807) is 25.1 Å². The Kier molecular flexibility index (Phi) is 6.36. The molecule has 9 nitrogen and oxygen atoms in total. The minimum atomic E-state index is -0.635.